The lowest BCUT2D eigenvalue weighted by molar-refractivity contribution is -0.118. The van der Waals surface area contributed by atoms with Gasteiger partial charge in [-0.3, -0.25) is 13.9 Å². The SMILES string of the molecule is C[C@H]1CN(c2cccc3[nH]c(-c4ccc(S(C)=O)cc4)nc23)CCN1Cc1cn(CC(N)=O)cn1. The van der Waals surface area contributed by atoms with E-state index in [1.807, 2.05) is 36.5 Å². The molecule has 5 rings (SSSR count). The lowest BCUT2D eigenvalue weighted by Crippen LogP contribution is -2.51. The Morgan fingerprint density at radius 3 is 2.71 bits per heavy atom. The third-order valence-corrected chi connectivity index (χ3v) is 7.38. The Kier molecular flexibility index (Phi) is 6.40. The van der Waals surface area contributed by atoms with Crippen LogP contribution in [0.25, 0.3) is 22.4 Å². The molecule has 1 aliphatic rings. The average molecular weight is 492 g/mol. The molecule has 1 fully saturated rings. The highest BCUT2D eigenvalue weighted by molar-refractivity contribution is 7.84. The van der Waals surface area contributed by atoms with Crippen LogP contribution in [0, 0.1) is 0 Å². The molecule has 0 radical (unpaired) electrons. The van der Waals surface area contributed by atoms with Crippen molar-refractivity contribution in [1.82, 2.24) is 24.4 Å². The fraction of sp³-hybridized carbons (Fsp3) is 0.320. The van der Waals surface area contributed by atoms with Gasteiger partial charge in [0.05, 0.1) is 23.2 Å². The first-order valence-corrected chi connectivity index (χ1v) is 13.1. The van der Waals surface area contributed by atoms with Gasteiger partial charge in [-0.15, -0.1) is 0 Å². The molecule has 10 heteroatoms. The predicted molar refractivity (Wildman–Crippen MR) is 137 cm³/mol. The third-order valence-electron chi connectivity index (χ3n) is 6.45. The van der Waals surface area contributed by atoms with E-state index in [4.69, 9.17) is 10.7 Å². The molecule has 1 aliphatic heterocycles. The number of piperazine rings is 1. The molecular formula is C25H29N7O2S. The van der Waals surface area contributed by atoms with Crippen molar-refractivity contribution in [2.24, 2.45) is 5.73 Å². The summed E-state index contributed by atoms with van der Waals surface area (Å²) in [5, 5.41) is 0. The van der Waals surface area contributed by atoms with Crippen LogP contribution in [-0.4, -0.2) is 66.5 Å². The number of fused-ring (bicyclic) bond motifs is 1. The zero-order chi connectivity index (χ0) is 24.5. The largest absolute Gasteiger partial charge is 0.368 e. The van der Waals surface area contributed by atoms with Crippen molar-refractivity contribution in [3.8, 4) is 11.4 Å². The number of hydrogen-bond acceptors (Lipinski definition) is 6. The number of H-pyrrole nitrogens is 1. The van der Waals surface area contributed by atoms with Crippen LogP contribution in [0.4, 0.5) is 5.69 Å². The molecule has 182 valence electrons. The number of benzene rings is 2. The number of imidazole rings is 2. The molecule has 1 amide bonds. The van der Waals surface area contributed by atoms with E-state index in [2.05, 4.69) is 38.8 Å². The first-order valence-electron chi connectivity index (χ1n) is 11.6. The Bertz CT molecular complexity index is 1380. The van der Waals surface area contributed by atoms with Gasteiger partial charge in [0, 0.05) is 65.9 Å². The van der Waals surface area contributed by atoms with E-state index in [1.54, 1.807) is 17.2 Å². The molecule has 1 unspecified atom stereocenters. The van der Waals surface area contributed by atoms with E-state index in [0.717, 1.165) is 64.9 Å². The summed E-state index contributed by atoms with van der Waals surface area (Å²) >= 11 is 0. The number of para-hydroxylation sites is 1. The molecule has 3 N–H and O–H groups in total. The standard InChI is InChI=1S/C25H29N7O2S/c1-17-12-32(11-10-31(17)14-19-13-30(16-27-19)15-23(26)33)22-5-3-4-21-24(22)29-25(28-21)18-6-8-20(9-7-18)35(2)34/h3-9,13,16-17H,10-12,14-15H2,1-2H3,(H2,26,33)(H,28,29)/t17-,35?/m0/s1. The van der Waals surface area contributed by atoms with Gasteiger partial charge in [-0.05, 0) is 31.2 Å². The van der Waals surface area contributed by atoms with Crippen LogP contribution >= 0.6 is 0 Å². The Morgan fingerprint density at radius 1 is 1.20 bits per heavy atom. The third kappa shape index (κ3) is 4.98. The molecule has 0 aliphatic carbocycles. The summed E-state index contributed by atoms with van der Waals surface area (Å²) < 4.78 is 13.4. The highest BCUT2D eigenvalue weighted by atomic mass is 32.2. The number of carbonyl (C=O) groups is 1. The van der Waals surface area contributed by atoms with Crippen LogP contribution in [0.15, 0.2) is 59.9 Å². The van der Waals surface area contributed by atoms with Crippen LogP contribution in [0.5, 0.6) is 0 Å². The van der Waals surface area contributed by atoms with Gasteiger partial charge in [-0.1, -0.05) is 18.2 Å². The number of primary amides is 1. The fourth-order valence-electron chi connectivity index (χ4n) is 4.62. The number of anilines is 1. The van der Waals surface area contributed by atoms with Crippen molar-refractivity contribution >= 4 is 33.4 Å². The number of amides is 1. The van der Waals surface area contributed by atoms with Crippen LogP contribution in [0.2, 0.25) is 0 Å². The molecule has 0 bridgehead atoms. The van der Waals surface area contributed by atoms with Crippen molar-refractivity contribution in [1.29, 1.82) is 0 Å². The molecule has 0 spiro atoms. The van der Waals surface area contributed by atoms with E-state index in [1.165, 1.54) is 0 Å². The van der Waals surface area contributed by atoms with Crippen molar-refractivity contribution in [3.63, 3.8) is 0 Å². The van der Waals surface area contributed by atoms with E-state index >= 15 is 0 Å². The first kappa shape index (κ1) is 23.3. The zero-order valence-electron chi connectivity index (χ0n) is 19.8. The molecule has 0 saturated carbocycles. The maximum absolute atomic E-state index is 11.7. The Balaban J connectivity index is 1.31. The summed E-state index contributed by atoms with van der Waals surface area (Å²) in [7, 11) is -1.00. The normalized spacial score (nSPS) is 17.7. The molecule has 35 heavy (non-hydrogen) atoms. The van der Waals surface area contributed by atoms with Gasteiger partial charge in [-0.2, -0.15) is 0 Å². The van der Waals surface area contributed by atoms with Gasteiger partial charge < -0.3 is 20.2 Å². The number of nitrogens with two attached hydrogens (primary N) is 1. The topological polar surface area (TPSA) is 113 Å². The van der Waals surface area contributed by atoms with Crippen LogP contribution in [0.3, 0.4) is 0 Å². The summed E-state index contributed by atoms with van der Waals surface area (Å²) in [6.07, 6.45) is 5.23. The Hall–Kier alpha value is -3.50. The molecule has 3 heterocycles. The van der Waals surface area contributed by atoms with Gasteiger partial charge in [0.2, 0.25) is 5.91 Å². The van der Waals surface area contributed by atoms with Crippen molar-refractivity contribution in [2.45, 2.75) is 31.0 Å². The van der Waals surface area contributed by atoms with Gasteiger partial charge in [0.15, 0.2) is 0 Å². The van der Waals surface area contributed by atoms with Crippen LogP contribution in [-0.2, 0) is 28.7 Å². The van der Waals surface area contributed by atoms with E-state index in [9.17, 15) is 9.00 Å². The minimum atomic E-state index is -1.00. The minimum Gasteiger partial charge on any atom is -0.368 e. The summed E-state index contributed by atoms with van der Waals surface area (Å²) in [4.78, 5) is 29.5. The van der Waals surface area contributed by atoms with Gasteiger partial charge in [-0.25, -0.2) is 9.97 Å². The second-order valence-electron chi connectivity index (χ2n) is 9.01. The summed E-state index contributed by atoms with van der Waals surface area (Å²) in [5.41, 5.74) is 10.3. The van der Waals surface area contributed by atoms with Crippen molar-refractivity contribution in [2.75, 3.05) is 30.8 Å². The van der Waals surface area contributed by atoms with E-state index in [-0.39, 0.29) is 12.5 Å². The van der Waals surface area contributed by atoms with Crippen molar-refractivity contribution in [3.05, 3.63) is 60.7 Å². The summed E-state index contributed by atoms with van der Waals surface area (Å²) in [6, 6.07) is 14.2. The summed E-state index contributed by atoms with van der Waals surface area (Å²) in [5.74, 6) is 0.431. The quantitative estimate of drug-likeness (QED) is 0.410. The van der Waals surface area contributed by atoms with Crippen LogP contribution < -0.4 is 10.6 Å². The van der Waals surface area contributed by atoms with Gasteiger partial charge in [0.25, 0.3) is 0 Å². The molecule has 2 atom stereocenters. The number of nitrogens with zero attached hydrogens (tertiary/aromatic N) is 5. The second-order valence-corrected chi connectivity index (χ2v) is 10.4. The van der Waals surface area contributed by atoms with Crippen LogP contribution in [0.1, 0.15) is 12.6 Å². The molecular weight excluding hydrogens is 462 g/mol. The van der Waals surface area contributed by atoms with Crippen molar-refractivity contribution < 1.29 is 9.00 Å². The molecule has 2 aromatic heterocycles. The Labute approximate surface area is 206 Å². The molecule has 9 nitrogen and oxygen atoms in total. The van der Waals surface area contributed by atoms with Gasteiger partial charge >= 0.3 is 0 Å². The average Bonchev–Trinajstić information content (AvgIpc) is 3.46. The van der Waals surface area contributed by atoms with Gasteiger partial charge in [0.1, 0.15) is 17.9 Å². The number of carbonyl (C=O) groups excluding carboxylic acids is 1. The van der Waals surface area contributed by atoms with E-state index < -0.39 is 10.8 Å². The number of aromatic amines is 1. The summed E-state index contributed by atoms with van der Waals surface area (Å²) in [6.45, 7) is 5.75. The highest BCUT2D eigenvalue weighted by Crippen LogP contribution is 2.30. The maximum atomic E-state index is 11.7. The number of rotatable bonds is 7. The predicted octanol–water partition coefficient (Wildman–Crippen LogP) is 2.36. The number of hydrogen-bond donors (Lipinski definition) is 2. The number of nitrogens with one attached hydrogen (secondary N) is 1. The lowest BCUT2D eigenvalue weighted by Gasteiger charge is -2.40. The second kappa shape index (κ2) is 9.63. The zero-order valence-corrected chi connectivity index (χ0v) is 20.7. The minimum absolute atomic E-state index is 0.147. The smallest absolute Gasteiger partial charge is 0.237 e. The Morgan fingerprint density at radius 2 is 2.00 bits per heavy atom. The van der Waals surface area contributed by atoms with E-state index in [0.29, 0.717) is 6.04 Å². The maximum Gasteiger partial charge on any atom is 0.237 e. The molecule has 1 saturated heterocycles. The first-order chi connectivity index (χ1) is 16.9. The highest BCUT2D eigenvalue weighted by Gasteiger charge is 2.26. The lowest BCUT2D eigenvalue weighted by atomic mass is 10.1. The molecule has 4 aromatic rings. The molecule has 2 aromatic carbocycles. The number of aromatic nitrogens is 4. The monoisotopic (exact) mass is 491 g/mol. The fourth-order valence-corrected chi connectivity index (χ4v) is 5.14.